The highest BCUT2D eigenvalue weighted by Crippen LogP contribution is 2.18. The first-order valence-corrected chi connectivity index (χ1v) is 8.01. The highest BCUT2D eigenvalue weighted by atomic mass is 35.5. The molecule has 0 bridgehead atoms. The van der Waals surface area contributed by atoms with E-state index in [9.17, 15) is 16.8 Å². The Balaban J connectivity index is 2.74. The van der Waals surface area contributed by atoms with E-state index in [-0.39, 0.29) is 17.3 Å². The van der Waals surface area contributed by atoms with Gasteiger partial charge < -0.3 is 0 Å². The third-order valence-electron chi connectivity index (χ3n) is 1.99. The molecule has 84 valence electrons. The molecule has 0 spiro atoms. The van der Waals surface area contributed by atoms with Gasteiger partial charge in [0.2, 0.25) is 10.0 Å². The fourth-order valence-corrected chi connectivity index (χ4v) is 4.83. The van der Waals surface area contributed by atoms with E-state index in [2.05, 4.69) is 4.72 Å². The molecule has 1 rings (SSSR count). The lowest BCUT2D eigenvalue weighted by molar-refractivity contribution is 0.565. The number of hydrogen-bond donors (Lipinski definition) is 1. The molecule has 0 aromatic rings. The van der Waals surface area contributed by atoms with Crippen LogP contribution < -0.4 is 4.72 Å². The monoisotopic (exact) mass is 261 g/mol. The summed E-state index contributed by atoms with van der Waals surface area (Å²) in [5, 5.41) is -0.665. The molecule has 2 atom stereocenters. The number of nitrogens with one attached hydrogen (secondary N) is 1. The van der Waals surface area contributed by atoms with Crippen molar-refractivity contribution >= 4 is 31.5 Å². The van der Waals surface area contributed by atoms with E-state index in [0.717, 1.165) is 0 Å². The molecule has 1 heterocycles. The topological polar surface area (TPSA) is 80.3 Å². The van der Waals surface area contributed by atoms with Crippen LogP contribution in [0.3, 0.4) is 0 Å². The largest absolute Gasteiger partial charge is 0.229 e. The van der Waals surface area contributed by atoms with Crippen LogP contribution in [-0.2, 0) is 19.9 Å². The van der Waals surface area contributed by atoms with Crippen molar-refractivity contribution in [3.05, 3.63) is 0 Å². The number of alkyl halides is 1. The molecule has 0 saturated carbocycles. The van der Waals surface area contributed by atoms with Gasteiger partial charge in [-0.25, -0.2) is 21.6 Å². The molecule has 0 amide bonds. The van der Waals surface area contributed by atoms with Crippen molar-refractivity contribution in [2.75, 3.05) is 17.3 Å². The van der Waals surface area contributed by atoms with Crippen LogP contribution in [0.25, 0.3) is 0 Å². The third kappa shape index (κ3) is 3.08. The van der Waals surface area contributed by atoms with Crippen LogP contribution in [0, 0.1) is 0 Å². The Labute approximate surface area is 88.8 Å². The van der Waals surface area contributed by atoms with Gasteiger partial charge in [0.1, 0.15) is 0 Å². The fourth-order valence-electron chi connectivity index (χ4n) is 1.23. The second kappa shape index (κ2) is 3.96. The van der Waals surface area contributed by atoms with Crippen molar-refractivity contribution in [1.29, 1.82) is 0 Å². The average molecular weight is 262 g/mol. The lowest BCUT2D eigenvalue weighted by atomic mass is 10.3. The standard InChI is InChI=1S/C6H12ClNO4S2/c1-2-14(11,12)8-6-4-13(9,10)3-5(6)7/h5-6,8H,2-4H2,1H3. The minimum absolute atomic E-state index is 0.0762. The predicted octanol–water partition coefficient (Wildman–Crippen LogP) is -0.670. The van der Waals surface area contributed by atoms with Gasteiger partial charge in [-0.15, -0.1) is 11.6 Å². The van der Waals surface area contributed by atoms with Gasteiger partial charge in [-0.2, -0.15) is 0 Å². The maximum Gasteiger partial charge on any atom is 0.211 e. The molecular formula is C6H12ClNO4S2. The highest BCUT2D eigenvalue weighted by Gasteiger charge is 2.38. The van der Waals surface area contributed by atoms with Crippen molar-refractivity contribution in [2.24, 2.45) is 0 Å². The number of rotatable bonds is 3. The zero-order chi connectivity index (χ0) is 11.0. The average Bonchev–Trinajstić information content (AvgIpc) is 2.24. The zero-order valence-corrected chi connectivity index (χ0v) is 9.99. The van der Waals surface area contributed by atoms with E-state index in [1.807, 2.05) is 0 Å². The molecule has 1 aliphatic heterocycles. The SMILES string of the molecule is CCS(=O)(=O)NC1CS(=O)(=O)CC1Cl. The van der Waals surface area contributed by atoms with Crippen molar-refractivity contribution < 1.29 is 16.8 Å². The number of sulfonamides is 1. The molecule has 0 aromatic carbocycles. The Bertz CT molecular complexity index is 402. The molecule has 5 nitrogen and oxygen atoms in total. The molecular weight excluding hydrogens is 250 g/mol. The van der Waals surface area contributed by atoms with Gasteiger partial charge in [0.15, 0.2) is 9.84 Å². The van der Waals surface area contributed by atoms with Crippen LogP contribution in [0.1, 0.15) is 6.92 Å². The van der Waals surface area contributed by atoms with Crippen LogP contribution in [0.4, 0.5) is 0 Å². The van der Waals surface area contributed by atoms with E-state index >= 15 is 0 Å². The van der Waals surface area contributed by atoms with Gasteiger partial charge >= 0.3 is 0 Å². The number of hydrogen-bond acceptors (Lipinski definition) is 4. The van der Waals surface area contributed by atoms with Gasteiger partial charge in [0, 0.05) is 0 Å². The lowest BCUT2D eigenvalue weighted by Crippen LogP contribution is -2.41. The van der Waals surface area contributed by atoms with E-state index in [1.165, 1.54) is 6.92 Å². The Hall–Kier alpha value is 0.150. The van der Waals surface area contributed by atoms with Crippen molar-refractivity contribution in [3.63, 3.8) is 0 Å². The van der Waals surface area contributed by atoms with E-state index in [4.69, 9.17) is 11.6 Å². The summed E-state index contributed by atoms with van der Waals surface area (Å²) in [7, 11) is -6.57. The summed E-state index contributed by atoms with van der Waals surface area (Å²) in [5.41, 5.74) is 0. The maximum atomic E-state index is 11.1. The first-order valence-electron chi connectivity index (χ1n) is 4.10. The van der Waals surface area contributed by atoms with Crippen molar-refractivity contribution in [1.82, 2.24) is 4.72 Å². The Morgan fingerprint density at radius 1 is 1.43 bits per heavy atom. The van der Waals surface area contributed by atoms with Gasteiger partial charge in [0.25, 0.3) is 0 Å². The third-order valence-corrected chi connectivity index (χ3v) is 5.79. The summed E-state index contributed by atoms with van der Waals surface area (Å²) in [6.07, 6.45) is 0. The smallest absolute Gasteiger partial charge is 0.211 e. The van der Waals surface area contributed by atoms with E-state index in [0.29, 0.717) is 0 Å². The summed E-state index contributed by atoms with van der Waals surface area (Å²) in [5.74, 6) is -0.445. The summed E-state index contributed by atoms with van der Waals surface area (Å²) >= 11 is 5.72. The summed E-state index contributed by atoms with van der Waals surface area (Å²) in [4.78, 5) is 0. The van der Waals surface area contributed by atoms with Gasteiger partial charge in [-0.05, 0) is 6.92 Å². The lowest BCUT2D eigenvalue weighted by Gasteiger charge is -2.13. The van der Waals surface area contributed by atoms with Crippen LogP contribution in [0.15, 0.2) is 0 Å². The van der Waals surface area contributed by atoms with Crippen LogP contribution in [0.5, 0.6) is 0 Å². The maximum absolute atomic E-state index is 11.1. The fraction of sp³-hybridized carbons (Fsp3) is 1.00. The van der Waals surface area contributed by atoms with Gasteiger partial charge in [-0.1, -0.05) is 0 Å². The van der Waals surface area contributed by atoms with Gasteiger partial charge in [0.05, 0.1) is 28.7 Å². The summed E-state index contributed by atoms with van der Waals surface area (Å²) in [6, 6.07) is -0.688. The molecule has 1 saturated heterocycles. The molecule has 0 aliphatic carbocycles. The Morgan fingerprint density at radius 3 is 2.36 bits per heavy atom. The number of sulfone groups is 1. The predicted molar refractivity (Wildman–Crippen MR) is 54.7 cm³/mol. The van der Waals surface area contributed by atoms with Crippen molar-refractivity contribution in [3.8, 4) is 0 Å². The molecule has 1 N–H and O–H groups in total. The minimum atomic E-state index is -3.38. The normalized spacial score (nSPS) is 31.9. The zero-order valence-electron chi connectivity index (χ0n) is 7.60. The summed E-state index contributed by atoms with van der Waals surface area (Å²) < 4.78 is 46.8. The van der Waals surface area contributed by atoms with Crippen LogP contribution >= 0.6 is 11.6 Å². The number of halogens is 1. The second-order valence-corrected chi connectivity index (χ2v) is 7.98. The summed E-state index contributed by atoms with van der Waals surface area (Å²) in [6.45, 7) is 1.48. The molecule has 14 heavy (non-hydrogen) atoms. The van der Waals surface area contributed by atoms with Crippen molar-refractivity contribution in [2.45, 2.75) is 18.3 Å². The van der Waals surface area contributed by atoms with Gasteiger partial charge in [-0.3, -0.25) is 0 Å². The molecule has 2 unspecified atom stereocenters. The highest BCUT2D eigenvalue weighted by molar-refractivity contribution is 7.92. The first-order chi connectivity index (χ1) is 6.26. The molecule has 0 aromatic heterocycles. The molecule has 1 aliphatic rings. The Morgan fingerprint density at radius 2 is 2.00 bits per heavy atom. The minimum Gasteiger partial charge on any atom is -0.229 e. The van der Waals surface area contributed by atoms with E-state index in [1.54, 1.807) is 0 Å². The van der Waals surface area contributed by atoms with Crippen LogP contribution in [-0.4, -0.2) is 45.5 Å². The second-order valence-electron chi connectivity index (χ2n) is 3.22. The Kier molecular flexibility index (Phi) is 3.45. The molecule has 8 heteroatoms. The first kappa shape index (κ1) is 12.2. The van der Waals surface area contributed by atoms with E-state index < -0.39 is 31.3 Å². The van der Waals surface area contributed by atoms with Crippen LogP contribution in [0.2, 0.25) is 0 Å². The molecule has 1 fully saturated rings. The molecule has 0 radical (unpaired) electrons. The quantitative estimate of drug-likeness (QED) is 0.684.